The van der Waals surface area contributed by atoms with Crippen LogP contribution in [0.1, 0.15) is 59.8 Å². The predicted octanol–water partition coefficient (Wildman–Crippen LogP) is 4.76. The minimum Gasteiger partial charge on any atom is -0.497 e. The lowest BCUT2D eigenvalue weighted by molar-refractivity contribution is -0.129. The van der Waals surface area contributed by atoms with E-state index in [1.807, 2.05) is 12.1 Å². The summed E-state index contributed by atoms with van der Waals surface area (Å²) in [4.78, 5) is 26.7. The summed E-state index contributed by atoms with van der Waals surface area (Å²) in [5.41, 5.74) is 3.55. The van der Waals surface area contributed by atoms with Gasteiger partial charge in [0.05, 0.1) is 7.11 Å². The fourth-order valence-corrected chi connectivity index (χ4v) is 5.54. The molecule has 0 bridgehead atoms. The minimum absolute atomic E-state index is 0.215. The van der Waals surface area contributed by atoms with Crippen LogP contribution in [0.4, 0.5) is 0 Å². The zero-order chi connectivity index (χ0) is 21.1. The third kappa shape index (κ3) is 4.53. The van der Waals surface area contributed by atoms with E-state index in [4.69, 9.17) is 9.47 Å². The average Bonchev–Trinajstić information content (AvgIpc) is 3.22. The van der Waals surface area contributed by atoms with Crippen LogP contribution in [0.25, 0.3) is 10.4 Å². The Morgan fingerprint density at radius 3 is 2.67 bits per heavy atom. The van der Waals surface area contributed by atoms with E-state index in [9.17, 15) is 9.59 Å². The molecule has 6 heteroatoms. The van der Waals surface area contributed by atoms with Crippen molar-refractivity contribution in [1.82, 2.24) is 5.32 Å². The number of amides is 1. The molecule has 0 radical (unpaired) electrons. The second-order valence-electron chi connectivity index (χ2n) is 8.28. The molecule has 0 spiro atoms. The summed E-state index contributed by atoms with van der Waals surface area (Å²) in [5, 5.41) is 2.96. The summed E-state index contributed by atoms with van der Waals surface area (Å²) in [6.07, 6.45) is 7.12. The molecule has 1 saturated carbocycles. The number of esters is 1. The Kier molecular flexibility index (Phi) is 6.42. The lowest BCUT2D eigenvalue weighted by Gasteiger charge is -2.22. The average molecular weight is 428 g/mol. The van der Waals surface area contributed by atoms with Gasteiger partial charge in [-0.05, 0) is 79.5 Å². The second kappa shape index (κ2) is 9.21. The molecule has 2 aromatic rings. The summed E-state index contributed by atoms with van der Waals surface area (Å²) in [6.45, 7) is 2.32. The van der Waals surface area contributed by atoms with Gasteiger partial charge in [0.25, 0.3) is 5.91 Å². The summed E-state index contributed by atoms with van der Waals surface area (Å²) < 4.78 is 10.8. The van der Waals surface area contributed by atoms with Crippen molar-refractivity contribution in [2.45, 2.75) is 58.0 Å². The molecule has 2 aliphatic carbocycles. The van der Waals surface area contributed by atoms with E-state index in [1.54, 1.807) is 14.0 Å². The number of benzene rings is 1. The number of methoxy groups -OCH3 is 1. The van der Waals surface area contributed by atoms with Crippen LogP contribution in [0.2, 0.25) is 0 Å². The molecule has 1 N–H and O–H groups in total. The van der Waals surface area contributed by atoms with Crippen LogP contribution < -0.4 is 10.1 Å². The highest BCUT2D eigenvalue weighted by atomic mass is 32.1. The van der Waals surface area contributed by atoms with Gasteiger partial charge in [0.2, 0.25) is 0 Å². The molecule has 0 unspecified atom stereocenters. The Morgan fingerprint density at radius 2 is 1.90 bits per heavy atom. The molecule has 0 saturated heterocycles. The van der Waals surface area contributed by atoms with Crippen molar-refractivity contribution >= 4 is 23.2 Å². The molecule has 1 atom stereocenters. The van der Waals surface area contributed by atoms with Crippen molar-refractivity contribution in [2.75, 3.05) is 13.7 Å². The lowest BCUT2D eigenvalue weighted by atomic mass is 9.89. The fourth-order valence-electron chi connectivity index (χ4n) is 4.39. The predicted molar refractivity (Wildman–Crippen MR) is 118 cm³/mol. The van der Waals surface area contributed by atoms with Gasteiger partial charge in [0.15, 0.2) is 6.10 Å². The highest BCUT2D eigenvalue weighted by Gasteiger charge is 2.25. The smallest absolute Gasteiger partial charge is 0.349 e. The quantitative estimate of drug-likeness (QED) is 0.675. The summed E-state index contributed by atoms with van der Waals surface area (Å²) >= 11 is 1.44. The summed E-state index contributed by atoms with van der Waals surface area (Å²) in [6, 6.07) is 7.99. The summed E-state index contributed by atoms with van der Waals surface area (Å²) in [7, 11) is 1.67. The first-order chi connectivity index (χ1) is 14.5. The van der Waals surface area contributed by atoms with E-state index in [0.29, 0.717) is 17.3 Å². The van der Waals surface area contributed by atoms with Crippen LogP contribution in [-0.2, 0) is 22.4 Å². The van der Waals surface area contributed by atoms with E-state index >= 15 is 0 Å². The molecule has 160 valence electrons. The minimum atomic E-state index is -0.795. The largest absolute Gasteiger partial charge is 0.497 e. The van der Waals surface area contributed by atoms with Crippen molar-refractivity contribution in [1.29, 1.82) is 0 Å². The van der Waals surface area contributed by atoms with E-state index in [1.165, 1.54) is 54.6 Å². The Labute approximate surface area is 181 Å². The van der Waals surface area contributed by atoms with Crippen LogP contribution in [0, 0.1) is 5.92 Å². The highest BCUT2D eigenvalue weighted by molar-refractivity contribution is 7.17. The van der Waals surface area contributed by atoms with Gasteiger partial charge in [0, 0.05) is 11.4 Å². The number of hydrogen-bond donors (Lipinski definition) is 1. The normalized spacial score (nSPS) is 16.9. The van der Waals surface area contributed by atoms with Crippen LogP contribution in [-0.4, -0.2) is 31.6 Å². The van der Waals surface area contributed by atoms with Crippen molar-refractivity contribution < 1.29 is 19.1 Å². The SMILES string of the molecule is COc1ccc2c(c1)CCc1cc(C(=O)O[C@@H](C)C(=O)NCC3CCCCC3)sc1-2. The molecule has 2 aliphatic rings. The molecule has 4 rings (SSSR count). The van der Waals surface area contributed by atoms with E-state index in [2.05, 4.69) is 17.4 Å². The van der Waals surface area contributed by atoms with E-state index in [-0.39, 0.29) is 5.91 Å². The molecule has 1 aromatic carbocycles. The Hall–Kier alpha value is -2.34. The molecule has 1 heterocycles. The van der Waals surface area contributed by atoms with Gasteiger partial charge in [-0.3, -0.25) is 4.79 Å². The first kappa shape index (κ1) is 20.9. The third-order valence-electron chi connectivity index (χ3n) is 6.17. The summed E-state index contributed by atoms with van der Waals surface area (Å²) in [5.74, 6) is 0.757. The van der Waals surface area contributed by atoms with Gasteiger partial charge in [-0.2, -0.15) is 0 Å². The highest BCUT2D eigenvalue weighted by Crippen LogP contribution is 2.41. The monoisotopic (exact) mass is 427 g/mol. The Bertz CT molecular complexity index is 929. The van der Waals surface area contributed by atoms with Crippen molar-refractivity contribution in [3.63, 3.8) is 0 Å². The number of hydrogen-bond acceptors (Lipinski definition) is 5. The van der Waals surface area contributed by atoms with Crippen LogP contribution in [0.3, 0.4) is 0 Å². The molecule has 30 heavy (non-hydrogen) atoms. The van der Waals surface area contributed by atoms with Crippen molar-refractivity contribution in [2.24, 2.45) is 5.92 Å². The van der Waals surface area contributed by atoms with Crippen LogP contribution in [0.15, 0.2) is 24.3 Å². The molecule has 0 aliphatic heterocycles. The number of rotatable bonds is 6. The van der Waals surface area contributed by atoms with Gasteiger partial charge in [-0.1, -0.05) is 19.3 Å². The maximum atomic E-state index is 12.7. The zero-order valence-electron chi connectivity index (χ0n) is 17.7. The molecule has 1 fully saturated rings. The number of thiophene rings is 1. The fraction of sp³-hybridized carbons (Fsp3) is 0.500. The number of carbonyl (C=O) groups is 2. The first-order valence-electron chi connectivity index (χ1n) is 10.8. The van der Waals surface area contributed by atoms with Gasteiger partial charge in [0.1, 0.15) is 10.6 Å². The second-order valence-corrected chi connectivity index (χ2v) is 9.34. The Balaban J connectivity index is 1.38. The van der Waals surface area contributed by atoms with E-state index in [0.717, 1.165) is 29.0 Å². The lowest BCUT2D eigenvalue weighted by Crippen LogP contribution is -2.38. The van der Waals surface area contributed by atoms with Crippen LogP contribution in [0.5, 0.6) is 5.75 Å². The third-order valence-corrected chi connectivity index (χ3v) is 7.36. The number of ether oxygens (including phenoxy) is 2. The number of carbonyl (C=O) groups excluding carboxylic acids is 2. The van der Waals surface area contributed by atoms with Crippen molar-refractivity contribution in [3.05, 3.63) is 40.3 Å². The molecule has 1 aromatic heterocycles. The van der Waals surface area contributed by atoms with Gasteiger partial charge in [-0.25, -0.2) is 4.79 Å². The molecule has 1 amide bonds. The standard InChI is InChI=1S/C24H29NO4S/c1-15(23(26)25-14-16-6-4-3-5-7-16)29-24(27)21-13-18-9-8-17-12-19(28-2)10-11-20(17)22(18)30-21/h10-13,15-16H,3-9,14H2,1-2H3,(H,25,26)/t15-/m0/s1. The zero-order valence-corrected chi connectivity index (χ0v) is 18.5. The van der Waals surface area contributed by atoms with Gasteiger partial charge in [-0.15, -0.1) is 11.3 Å². The number of nitrogens with one attached hydrogen (secondary N) is 1. The Morgan fingerprint density at radius 1 is 1.13 bits per heavy atom. The van der Waals surface area contributed by atoms with Gasteiger partial charge < -0.3 is 14.8 Å². The van der Waals surface area contributed by atoms with Crippen molar-refractivity contribution in [3.8, 4) is 16.2 Å². The molecular formula is C24H29NO4S. The maximum absolute atomic E-state index is 12.7. The first-order valence-corrected chi connectivity index (χ1v) is 11.7. The topological polar surface area (TPSA) is 64.6 Å². The van der Waals surface area contributed by atoms with Crippen LogP contribution >= 0.6 is 11.3 Å². The number of fused-ring (bicyclic) bond motifs is 3. The molecule has 5 nitrogen and oxygen atoms in total. The van der Waals surface area contributed by atoms with E-state index < -0.39 is 12.1 Å². The number of aryl methyl sites for hydroxylation is 2. The van der Waals surface area contributed by atoms with Gasteiger partial charge >= 0.3 is 5.97 Å². The maximum Gasteiger partial charge on any atom is 0.349 e. The molecular weight excluding hydrogens is 398 g/mol.